The smallest absolute Gasteiger partial charge is 0.328 e. The molecule has 1 aromatic carbocycles. The number of carboxylic acid groups (broad SMARTS) is 1. The molecule has 0 saturated heterocycles. The minimum atomic E-state index is -0.982. The van der Waals surface area contributed by atoms with Crippen LogP contribution in [0.4, 0.5) is 0 Å². The van der Waals surface area contributed by atoms with Crippen LogP contribution in [0.15, 0.2) is 47.2 Å². The summed E-state index contributed by atoms with van der Waals surface area (Å²) in [5, 5.41) is 8.63. The Labute approximate surface area is 124 Å². The molecule has 2 aromatic rings. The second kappa shape index (κ2) is 6.34. The van der Waals surface area contributed by atoms with Crippen LogP contribution < -0.4 is 4.74 Å². The van der Waals surface area contributed by atoms with E-state index in [0.717, 1.165) is 21.7 Å². The molecule has 0 radical (unpaired) electrons. The molecule has 0 bridgehead atoms. The van der Waals surface area contributed by atoms with Crippen molar-refractivity contribution >= 4 is 28.0 Å². The molecule has 1 heterocycles. The van der Waals surface area contributed by atoms with E-state index in [2.05, 4.69) is 20.9 Å². The van der Waals surface area contributed by atoms with Gasteiger partial charge in [-0.2, -0.15) is 0 Å². The standard InChI is InChI=1S/C15H12BrNO3/c1-10-2-3-11(4-5-15(18)19)6-14(10)20-13-7-12(16)8-17-9-13/h2-9H,1H3,(H,18,19)/b5-4+. The Morgan fingerprint density at radius 2 is 2.15 bits per heavy atom. The van der Waals surface area contributed by atoms with Gasteiger partial charge in [-0.3, -0.25) is 4.98 Å². The molecule has 0 amide bonds. The summed E-state index contributed by atoms with van der Waals surface area (Å²) in [5.74, 6) is 0.295. The van der Waals surface area contributed by atoms with Gasteiger partial charge in [-0.25, -0.2) is 4.79 Å². The topological polar surface area (TPSA) is 59.4 Å². The predicted molar refractivity (Wildman–Crippen MR) is 79.9 cm³/mol. The second-order valence-corrected chi connectivity index (χ2v) is 5.05. The van der Waals surface area contributed by atoms with Crippen LogP contribution in [0.3, 0.4) is 0 Å². The molecular formula is C15H12BrNO3. The number of aromatic nitrogens is 1. The quantitative estimate of drug-likeness (QED) is 0.857. The third kappa shape index (κ3) is 3.93. The molecule has 20 heavy (non-hydrogen) atoms. The fourth-order valence-corrected chi connectivity index (χ4v) is 1.92. The Bertz CT molecular complexity index is 668. The molecule has 0 unspecified atom stereocenters. The van der Waals surface area contributed by atoms with Gasteiger partial charge in [-0.1, -0.05) is 12.1 Å². The third-order valence-corrected chi connectivity index (χ3v) is 2.97. The summed E-state index contributed by atoms with van der Waals surface area (Å²) in [6, 6.07) is 7.31. The lowest BCUT2D eigenvalue weighted by Gasteiger charge is -2.09. The van der Waals surface area contributed by atoms with E-state index in [1.807, 2.05) is 25.1 Å². The first kappa shape index (κ1) is 14.3. The molecule has 0 aliphatic carbocycles. The number of halogens is 1. The number of ether oxygens (including phenoxy) is 1. The number of carboxylic acids is 1. The zero-order valence-corrected chi connectivity index (χ0v) is 12.3. The van der Waals surface area contributed by atoms with Gasteiger partial charge in [0, 0.05) is 16.7 Å². The van der Waals surface area contributed by atoms with Gasteiger partial charge in [-0.15, -0.1) is 0 Å². The Morgan fingerprint density at radius 3 is 2.85 bits per heavy atom. The van der Waals surface area contributed by atoms with Crippen LogP contribution in [0.1, 0.15) is 11.1 Å². The van der Waals surface area contributed by atoms with Crippen LogP contribution in [0.2, 0.25) is 0 Å². The van der Waals surface area contributed by atoms with Gasteiger partial charge in [0.2, 0.25) is 0 Å². The Morgan fingerprint density at radius 1 is 1.35 bits per heavy atom. The molecule has 0 spiro atoms. The highest BCUT2D eigenvalue weighted by molar-refractivity contribution is 9.10. The molecule has 0 aliphatic rings. The van der Waals surface area contributed by atoms with Crippen molar-refractivity contribution in [1.29, 1.82) is 0 Å². The molecule has 4 nitrogen and oxygen atoms in total. The van der Waals surface area contributed by atoms with E-state index in [0.29, 0.717) is 11.5 Å². The van der Waals surface area contributed by atoms with E-state index < -0.39 is 5.97 Å². The monoisotopic (exact) mass is 333 g/mol. The van der Waals surface area contributed by atoms with E-state index in [1.165, 1.54) is 6.08 Å². The maximum absolute atomic E-state index is 10.5. The number of hydrogen-bond acceptors (Lipinski definition) is 3. The lowest BCUT2D eigenvalue weighted by atomic mass is 10.1. The first-order valence-corrected chi connectivity index (χ1v) is 6.64. The van der Waals surface area contributed by atoms with Gasteiger partial charge < -0.3 is 9.84 Å². The lowest BCUT2D eigenvalue weighted by Crippen LogP contribution is -1.90. The van der Waals surface area contributed by atoms with E-state index in [-0.39, 0.29) is 0 Å². The number of hydrogen-bond donors (Lipinski definition) is 1. The molecule has 5 heteroatoms. The largest absolute Gasteiger partial charge is 0.478 e. The van der Waals surface area contributed by atoms with Gasteiger partial charge in [0.25, 0.3) is 0 Å². The minimum Gasteiger partial charge on any atom is -0.478 e. The highest BCUT2D eigenvalue weighted by atomic mass is 79.9. The number of rotatable bonds is 4. The summed E-state index contributed by atoms with van der Waals surface area (Å²) in [6.45, 7) is 1.92. The predicted octanol–water partition coefficient (Wildman–Crippen LogP) is 4.04. The van der Waals surface area contributed by atoms with Gasteiger partial charge >= 0.3 is 5.97 Å². The fourth-order valence-electron chi connectivity index (χ4n) is 1.57. The molecule has 102 valence electrons. The summed E-state index contributed by atoms with van der Waals surface area (Å²) in [5.41, 5.74) is 1.72. The maximum atomic E-state index is 10.5. The highest BCUT2D eigenvalue weighted by Crippen LogP contribution is 2.27. The molecule has 0 fully saturated rings. The normalized spacial score (nSPS) is 10.7. The maximum Gasteiger partial charge on any atom is 0.328 e. The van der Waals surface area contributed by atoms with Crippen LogP contribution in [-0.4, -0.2) is 16.1 Å². The fraction of sp³-hybridized carbons (Fsp3) is 0.0667. The average Bonchev–Trinajstić information content (AvgIpc) is 2.39. The van der Waals surface area contributed by atoms with Crippen LogP contribution in [-0.2, 0) is 4.79 Å². The first-order valence-electron chi connectivity index (χ1n) is 5.84. The molecule has 0 saturated carbocycles. The number of aryl methyl sites for hydroxylation is 1. The van der Waals surface area contributed by atoms with E-state index in [9.17, 15) is 4.79 Å². The Kier molecular flexibility index (Phi) is 4.53. The molecule has 1 aromatic heterocycles. The highest BCUT2D eigenvalue weighted by Gasteiger charge is 2.03. The van der Waals surface area contributed by atoms with Gasteiger partial charge in [0.15, 0.2) is 0 Å². The minimum absolute atomic E-state index is 0.613. The first-order chi connectivity index (χ1) is 9.54. The number of nitrogens with zero attached hydrogens (tertiary/aromatic N) is 1. The summed E-state index contributed by atoms with van der Waals surface area (Å²) < 4.78 is 6.59. The van der Waals surface area contributed by atoms with Crippen molar-refractivity contribution in [2.24, 2.45) is 0 Å². The second-order valence-electron chi connectivity index (χ2n) is 4.14. The number of pyridine rings is 1. The number of aliphatic carboxylic acids is 1. The molecule has 1 N–H and O–H groups in total. The van der Waals surface area contributed by atoms with Crippen LogP contribution in [0.25, 0.3) is 6.08 Å². The Balaban J connectivity index is 2.27. The van der Waals surface area contributed by atoms with Crippen molar-refractivity contribution in [1.82, 2.24) is 4.98 Å². The van der Waals surface area contributed by atoms with Crippen molar-refractivity contribution in [2.75, 3.05) is 0 Å². The van der Waals surface area contributed by atoms with Crippen molar-refractivity contribution in [2.45, 2.75) is 6.92 Å². The summed E-state index contributed by atoms with van der Waals surface area (Å²) in [4.78, 5) is 14.5. The zero-order valence-electron chi connectivity index (χ0n) is 10.7. The molecule has 2 rings (SSSR count). The molecule has 0 atom stereocenters. The van der Waals surface area contributed by atoms with Crippen molar-refractivity contribution in [3.8, 4) is 11.5 Å². The van der Waals surface area contributed by atoms with Crippen LogP contribution in [0, 0.1) is 6.92 Å². The van der Waals surface area contributed by atoms with Gasteiger partial charge in [-0.05, 0) is 52.2 Å². The van der Waals surface area contributed by atoms with E-state index in [1.54, 1.807) is 18.5 Å². The Hall–Kier alpha value is -2.14. The third-order valence-electron chi connectivity index (χ3n) is 2.54. The van der Waals surface area contributed by atoms with Crippen LogP contribution in [0.5, 0.6) is 11.5 Å². The number of carbonyl (C=O) groups is 1. The zero-order chi connectivity index (χ0) is 14.5. The van der Waals surface area contributed by atoms with Crippen molar-refractivity contribution in [3.63, 3.8) is 0 Å². The van der Waals surface area contributed by atoms with Gasteiger partial charge in [0.05, 0.1) is 6.20 Å². The summed E-state index contributed by atoms with van der Waals surface area (Å²) in [7, 11) is 0. The van der Waals surface area contributed by atoms with Crippen LogP contribution >= 0.6 is 15.9 Å². The average molecular weight is 334 g/mol. The number of benzene rings is 1. The molecule has 0 aliphatic heterocycles. The SMILES string of the molecule is Cc1ccc(/C=C/C(=O)O)cc1Oc1cncc(Br)c1. The van der Waals surface area contributed by atoms with Crippen molar-refractivity contribution < 1.29 is 14.6 Å². The van der Waals surface area contributed by atoms with E-state index >= 15 is 0 Å². The van der Waals surface area contributed by atoms with Crippen molar-refractivity contribution in [3.05, 3.63) is 58.3 Å². The van der Waals surface area contributed by atoms with E-state index in [4.69, 9.17) is 9.84 Å². The molecular weight excluding hydrogens is 322 g/mol. The van der Waals surface area contributed by atoms with Gasteiger partial charge in [0.1, 0.15) is 11.5 Å². The summed E-state index contributed by atoms with van der Waals surface area (Å²) in [6.07, 6.45) is 5.90. The summed E-state index contributed by atoms with van der Waals surface area (Å²) >= 11 is 3.33. The lowest BCUT2D eigenvalue weighted by molar-refractivity contribution is -0.131.